The summed E-state index contributed by atoms with van der Waals surface area (Å²) in [6.45, 7) is 3.49. The van der Waals surface area contributed by atoms with Gasteiger partial charge in [-0.1, -0.05) is 6.07 Å². The monoisotopic (exact) mass is 439 g/mol. The number of methoxy groups -OCH3 is 1. The molecule has 1 amide bonds. The van der Waals surface area contributed by atoms with Crippen molar-refractivity contribution in [1.82, 2.24) is 0 Å². The molecule has 0 fully saturated rings. The number of thioether (sulfide) groups is 1. The number of hydrogen-bond acceptors (Lipinski definition) is 7. The van der Waals surface area contributed by atoms with Gasteiger partial charge in [0, 0.05) is 17.5 Å². The molecule has 3 N–H and O–H groups in total. The Balaban J connectivity index is 2.04. The van der Waals surface area contributed by atoms with Crippen molar-refractivity contribution < 1.29 is 22.9 Å². The summed E-state index contributed by atoms with van der Waals surface area (Å²) < 4.78 is 28.1. The second kappa shape index (κ2) is 9.25. The molecule has 0 saturated heterocycles. The van der Waals surface area contributed by atoms with Crippen molar-refractivity contribution in [3.63, 3.8) is 0 Å². The summed E-state index contributed by atoms with van der Waals surface area (Å²) in [6, 6.07) is 7.39. The maximum atomic E-state index is 12.3. The number of ether oxygens (including phenoxy) is 1. The van der Waals surface area contributed by atoms with Crippen molar-refractivity contribution in [2.24, 2.45) is 5.14 Å². The molecule has 2 rings (SSSR count). The predicted octanol–water partition coefficient (Wildman–Crippen LogP) is 2.74. The highest BCUT2D eigenvalue weighted by Crippen LogP contribution is 2.29. The first-order chi connectivity index (χ1) is 13.5. The summed E-state index contributed by atoms with van der Waals surface area (Å²) in [5.41, 5.74) is 2.34. The van der Waals surface area contributed by atoms with Gasteiger partial charge in [0.15, 0.2) is 5.75 Å². The molecule has 0 heterocycles. The highest BCUT2D eigenvalue weighted by atomic mass is 32.2. The summed E-state index contributed by atoms with van der Waals surface area (Å²) in [7, 11) is -2.54. The van der Waals surface area contributed by atoms with Gasteiger partial charge in [0.2, 0.25) is 15.9 Å². The average Bonchev–Trinajstić information content (AvgIpc) is 2.64. The van der Waals surface area contributed by atoms with E-state index in [9.17, 15) is 23.3 Å². The van der Waals surface area contributed by atoms with Gasteiger partial charge < -0.3 is 10.1 Å². The van der Waals surface area contributed by atoms with E-state index in [0.29, 0.717) is 22.6 Å². The minimum absolute atomic E-state index is 0.0749. The van der Waals surface area contributed by atoms with Crippen LogP contribution in [0, 0.1) is 24.0 Å². The molecule has 0 spiro atoms. The zero-order valence-corrected chi connectivity index (χ0v) is 17.7. The second-order valence-electron chi connectivity index (χ2n) is 6.26. The van der Waals surface area contributed by atoms with E-state index in [0.717, 1.165) is 5.56 Å². The number of primary sulfonamides is 1. The molecule has 2 aromatic rings. The lowest BCUT2D eigenvalue weighted by Crippen LogP contribution is -2.17. The number of sulfonamides is 1. The number of nitro groups is 1. The fourth-order valence-electron chi connectivity index (χ4n) is 2.54. The van der Waals surface area contributed by atoms with Gasteiger partial charge in [-0.2, -0.15) is 0 Å². The normalized spacial score (nSPS) is 11.2. The first-order valence-corrected chi connectivity index (χ1v) is 11.1. The molecular formula is C18H21N3O6S2. The van der Waals surface area contributed by atoms with E-state index in [1.54, 1.807) is 19.9 Å². The van der Waals surface area contributed by atoms with Crippen LogP contribution in [0.2, 0.25) is 0 Å². The molecule has 0 unspecified atom stereocenters. The predicted molar refractivity (Wildman–Crippen MR) is 112 cm³/mol. The van der Waals surface area contributed by atoms with Gasteiger partial charge in [0.1, 0.15) is 0 Å². The highest BCUT2D eigenvalue weighted by molar-refractivity contribution is 7.99. The number of rotatable bonds is 8. The Bertz CT molecular complexity index is 1050. The number of carbonyl (C=O) groups is 1. The maximum absolute atomic E-state index is 12.3. The van der Waals surface area contributed by atoms with E-state index < -0.39 is 14.9 Å². The largest absolute Gasteiger partial charge is 0.490 e. The van der Waals surface area contributed by atoms with Crippen LogP contribution in [0.1, 0.15) is 16.7 Å². The number of nitrogens with zero attached hydrogens (tertiary/aromatic N) is 1. The fraction of sp³-hybridized carbons (Fsp3) is 0.278. The third kappa shape index (κ3) is 5.92. The van der Waals surface area contributed by atoms with Crippen LogP contribution in [0.5, 0.6) is 5.75 Å². The number of benzene rings is 2. The Kier molecular flexibility index (Phi) is 7.22. The fourth-order valence-corrected chi connectivity index (χ4v) is 3.93. The summed E-state index contributed by atoms with van der Waals surface area (Å²) in [5, 5.41) is 18.9. The Hall–Kier alpha value is -2.63. The molecule has 2 aromatic carbocycles. The van der Waals surface area contributed by atoms with Gasteiger partial charge in [-0.3, -0.25) is 14.9 Å². The van der Waals surface area contributed by atoms with Crippen LogP contribution in [-0.2, 0) is 20.6 Å². The van der Waals surface area contributed by atoms with Crippen molar-refractivity contribution in [2.75, 3.05) is 18.2 Å². The molecule has 0 aliphatic carbocycles. The van der Waals surface area contributed by atoms with Crippen LogP contribution >= 0.6 is 11.8 Å². The van der Waals surface area contributed by atoms with Crippen molar-refractivity contribution in [1.29, 1.82) is 0 Å². The minimum Gasteiger partial charge on any atom is -0.490 e. The Morgan fingerprint density at radius 3 is 2.55 bits per heavy atom. The van der Waals surface area contributed by atoms with Crippen molar-refractivity contribution in [2.45, 2.75) is 24.5 Å². The van der Waals surface area contributed by atoms with Crippen LogP contribution in [0.4, 0.5) is 11.4 Å². The minimum atomic E-state index is -3.89. The smallest absolute Gasteiger partial charge is 0.311 e. The van der Waals surface area contributed by atoms with Gasteiger partial charge in [-0.05, 0) is 48.7 Å². The lowest BCUT2D eigenvalue weighted by Gasteiger charge is -2.12. The summed E-state index contributed by atoms with van der Waals surface area (Å²) in [6.07, 6.45) is 0. The number of nitrogens with one attached hydrogen (secondary N) is 1. The first-order valence-electron chi connectivity index (χ1n) is 8.36. The van der Waals surface area contributed by atoms with E-state index in [-0.39, 0.29) is 28.0 Å². The van der Waals surface area contributed by atoms with Crippen LogP contribution in [-0.4, -0.2) is 32.1 Å². The molecule has 0 bridgehead atoms. The Morgan fingerprint density at radius 2 is 1.97 bits per heavy atom. The first kappa shape index (κ1) is 22.7. The number of hydrogen-bond donors (Lipinski definition) is 2. The molecule has 0 aromatic heterocycles. The lowest BCUT2D eigenvalue weighted by atomic mass is 10.1. The molecule has 0 atom stereocenters. The summed E-state index contributed by atoms with van der Waals surface area (Å²) in [4.78, 5) is 22.7. The topological polar surface area (TPSA) is 142 Å². The second-order valence-corrected chi connectivity index (χ2v) is 8.81. The molecule has 0 aliphatic rings. The van der Waals surface area contributed by atoms with Crippen LogP contribution in [0.15, 0.2) is 35.2 Å². The molecule has 11 heteroatoms. The van der Waals surface area contributed by atoms with Crippen molar-refractivity contribution in [3.8, 4) is 5.75 Å². The molecule has 156 valence electrons. The van der Waals surface area contributed by atoms with Crippen LogP contribution < -0.4 is 15.2 Å². The molecule has 9 nitrogen and oxygen atoms in total. The SMILES string of the molecule is COc1ccc(CSCC(=O)Nc2cc(S(N)(=O)=O)cc(C)c2C)cc1[N+](=O)[O-]. The third-order valence-corrected chi connectivity index (χ3v) is 6.08. The van der Waals surface area contributed by atoms with E-state index >= 15 is 0 Å². The standard InChI is InChI=1S/C18H21N3O6S2/c1-11-6-14(29(19,25)26)8-15(12(11)2)20-18(22)10-28-9-13-4-5-17(27-3)16(7-13)21(23)24/h4-8H,9-10H2,1-3H3,(H,20,22)(H2,19,25,26). The molecule has 0 saturated carbocycles. The number of anilines is 1. The Labute approximate surface area is 172 Å². The third-order valence-electron chi connectivity index (χ3n) is 4.19. The molecular weight excluding hydrogens is 418 g/mol. The highest BCUT2D eigenvalue weighted by Gasteiger charge is 2.16. The quantitative estimate of drug-likeness (QED) is 0.476. The summed E-state index contributed by atoms with van der Waals surface area (Å²) >= 11 is 1.27. The molecule has 0 radical (unpaired) electrons. The number of amides is 1. The number of nitrogens with two attached hydrogens (primary N) is 1. The Morgan fingerprint density at radius 1 is 1.28 bits per heavy atom. The van der Waals surface area contributed by atoms with Gasteiger partial charge in [-0.15, -0.1) is 11.8 Å². The van der Waals surface area contributed by atoms with Crippen LogP contribution in [0.3, 0.4) is 0 Å². The molecule has 0 aliphatic heterocycles. The number of aryl methyl sites for hydroxylation is 1. The van der Waals surface area contributed by atoms with E-state index in [2.05, 4.69) is 5.32 Å². The zero-order valence-electron chi connectivity index (χ0n) is 16.1. The zero-order chi connectivity index (χ0) is 21.8. The van der Waals surface area contributed by atoms with Gasteiger partial charge in [0.25, 0.3) is 0 Å². The van der Waals surface area contributed by atoms with Gasteiger partial charge in [0.05, 0.1) is 22.7 Å². The lowest BCUT2D eigenvalue weighted by molar-refractivity contribution is -0.385. The van der Waals surface area contributed by atoms with Gasteiger partial charge in [-0.25, -0.2) is 13.6 Å². The van der Waals surface area contributed by atoms with E-state index in [4.69, 9.17) is 9.88 Å². The maximum Gasteiger partial charge on any atom is 0.311 e. The van der Waals surface area contributed by atoms with Crippen molar-refractivity contribution in [3.05, 3.63) is 57.1 Å². The summed E-state index contributed by atoms with van der Waals surface area (Å²) in [5.74, 6) is 0.306. The van der Waals surface area contributed by atoms with Crippen molar-refractivity contribution >= 4 is 39.1 Å². The van der Waals surface area contributed by atoms with Crippen LogP contribution in [0.25, 0.3) is 0 Å². The number of nitro benzene ring substituents is 1. The average molecular weight is 440 g/mol. The van der Waals surface area contributed by atoms with Gasteiger partial charge >= 0.3 is 5.69 Å². The molecule has 29 heavy (non-hydrogen) atoms. The van der Waals surface area contributed by atoms with E-state index in [1.165, 1.54) is 43.1 Å². The van der Waals surface area contributed by atoms with E-state index in [1.807, 2.05) is 0 Å². The number of carbonyl (C=O) groups excluding carboxylic acids is 1.